The maximum Gasteiger partial charge on any atom is 0.266 e. The van der Waals surface area contributed by atoms with Crippen LogP contribution in [0.3, 0.4) is 0 Å². The lowest BCUT2D eigenvalue weighted by molar-refractivity contribution is -0.124. The Balaban J connectivity index is 1.87. The lowest BCUT2D eigenvalue weighted by atomic mass is 10.2. The highest BCUT2D eigenvalue weighted by atomic mass is 16.6. The minimum absolute atomic E-state index is 0.0572. The number of methoxy groups -OCH3 is 1. The van der Waals surface area contributed by atoms with Gasteiger partial charge in [0, 0.05) is 24.6 Å². The Kier molecular flexibility index (Phi) is 5.93. The second-order valence-corrected chi connectivity index (χ2v) is 4.90. The fourth-order valence-electron chi connectivity index (χ4n) is 1.92. The molecule has 8 heteroatoms. The Hall–Kier alpha value is -2.61. The number of hydrazone groups is 1. The van der Waals surface area contributed by atoms with Crippen LogP contribution in [0.1, 0.15) is 13.3 Å². The van der Waals surface area contributed by atoms with Gasteiger partial charge in [0.2, 0.25) is 5.91 Å². The number of carbonyl (C=O) groups excluding carboxylic acids is 2. The molecule has 0 fully saturated rings. The van der Waals surface area contributed by atoms with Crippen LogP contribution >= 0.6 is 0 Å². The first-order chi connectivity index (χ1) is 11.1. The van der Waals surface area contributed by atoms with Crippen LogP contribution < -0.4 is 20.2 Å². The maximum absolute atomic E-state index is 12.0. The summed E-state index contributed by atoms with van der Waals surface area (Å²) in [6, 6.07) is 5.19. The van der Waals surface area contributed by atoms with Gasteiger partial charge in [-0.15, -0.1) is 0 Å². The standard InChI is InChI=1S/C15H19N3O5/c1-10(17-18-15(20)9-21-2)7-14(19)16-11-3-4-12-13(8-11)23-6-5-22-12/h3-4,8H,5-7,9H2,1-2H3,(H,16,19)(H,18,20). The van der Waals surface area contributed by atoms with Crippen LogP contribution in [0.15, 0.2) is 23.3 Å². The Bertz CT molecular complexity index is 615. The highest BCUT2D eigenvalue weighted by molar-refractivity contribution is 6.05. The maximum atomic E-state index is 12.0. The van der Waals surface area contributed by atoms with Crippen molar-refractivity contribution >= 4 is 23.2 Å². The van der Waals surface area contributed by atoms with E-state index in [1.807, 2.05) is 0 Å². The summed E-state index contributed by atoms with van der Waals surface area (Å²) in [4.78, 5) is 23.2. The van der Waals surface area contributed by atoms with Crippen LogP contribution in [0.5, 0.6) is 11.5 Å². The van der Waals surface area contributed by atoms with Crippen molar-refractivity contribution in [3.8, 4) is 11.5 Å². The van der Waals surface area contributed by atoms with Gasteiger partial charge < -0.3 is 19.5 Å². The van der Waals surface area contributed by atoms with Gasteiger partial charge in [-0.25, -0.2) is 5.43 Å². The molecule has 1 heterocycles. The minimum Gasteiger partial charge on any atom is -0.486 e. The highest BCUT2D eigenvalue weighted by Gasteiger charge is 2.13. The molecule has 0 unspecified atom stereocenters. The monoisotopic (exact) mass is 321 g/mol. The zero-order valence-corrected chi connectivity index (χ0v) is 13.0. The molecule has 0 saturated carbocycles. The number of nitrogens with one attached hydrogen (secondary N) is 2. The normalized spacial score (nSPS) is 13.4. The molecule has 0 aromatic heterocycles. The average molecular weight is 321 g/mol. The average Bonchev–Trinajstić information content (AvgIpc) is 2.53. The van der Waals surface area contributed by atoms with E-state index in [0.717, 1.165) is 0 Å². The van der Waals surface area contributed by atoms with Gasteiger partial charge >= 0.3 is 0 Å². The molecule has 2 rings (SSSR count). The molecule has 23 heavy (non-hydrogen) atoms. The summed E-state index contributed by atoms with van der Waals surface area (Å²) in [5, 5.41) is 6.57. The van der Waals surface area contributed by atoms with Crippen molar-refractivity contribution in [1.82, 2.24) is 5.43 Å². The van der Waals surface area contributed by atoms with E-state index >= 15 is 0 Å². The second kappa shape index (κ2) is 8.14. The topological polar surface area (TPSA) is 98.2 Å². The molecule has 2 amide bonds. The summed E-state index contributed by atoms with van der Waals surface area (Å²) in [5.41, 5.74) is 3.38. The molecule has 1 aliphatic rings. The smallest absolute Gasteiger partial charge is 0.266 e. The van der Waals surface area contributed by atoms with Crippen molar-refractivity contribution in [1.29, 1.82) is 0 Å². The van der Waals surface area contributed by atoms with Gasteiger partial charge in [0.05, 0.1) is 6.42 Å². The van der Waals surface area contributed by atoms with Crippen LogP contribution in [0.4, 0.5) is 5.69 Å². The third-order valence-corrected chi connectivity index (χ3v) is 2.89. The largest absolute Gasteiger partial charge is 0.486 e. The third-order valence-electron chi connectivity index (χ3n) is 2.89. The predicted molar refractivity (Wildman–Crippen MR) is 83.8 cm³/mol. The molecule has 0 spiro atoms. The van der Waals surface area contributed by atoms with Crippen LogP contribution in [0.2, 0.25) is 0 Å². The van der Waals surface area contributed by atoms with Crippen LogP contribution in [-0.4, -0.2) is 44.5 Å². The number of rotatable bonds is 6. The zero-order chi connectivity index (χ0) is 16.7. The highest BCUT2D eigenvalue weighted by Crippen LogP contribution is 2.32. The number of anilines is 1. The molecule has 1 aromatic rings. The van der Waals surface area contributed by atoms with Gasteiger partial charge in [-0.3, -0.25) is 9.59 Å². The van der Waals surface area contributed by atoms with E-state index in [4.69, 9.17) is 9.47 Å². The van der Waals surface area contributed by atoms with Crippen molar-refractivity contribution in [3.05, 3.63) is 18.2 Å². The van der Waals surface area contributed by atoms with E-state index in [0.29, 0.717) is 36.1 Å². The first kappa shape index (κ1) is 16.8. The van der Waals surface area contributed by atoms with Gasteiger partial charge in [0.15, 0.2) is 11.5 Å². The third kappa shape index (κ3) is 5.26. The molecule has 0 saturated heterocycles. The van der Waals surface area contributed by atoms with Gasteiger partial charge in [-0.1, -0.05) is 0 Å². The fourth-order valence-corrected chi connectivity index (χ4v) is 1.92. The van der Waals surface area contributed by atoms with E-state index in [-0.39, 0.29) is 24.8 Å². The summed E-state index contributed by atoms with van der Waals surface area (Å²) in [6.45, 7) is 2.57. The SMILES string of the molecule is COCC(=O)NN=C(C)CC(=O)Nc1ccc2c(c1)OCCO2. The van der Waals surface area contributed by atoms with E-state index in [1.165, 1.54) is 7.11 Å². The van der Waals surface area contributed by atoms with Gasteiger partial charge in [0.25, 0.3) is 5.91 Å². The second-order valence-electron chi connectivity index (χ2n) is 4.90. The van der Waals surface area contributed by atoms with Crippen LogP contribution in [0, 0.1) is 0 Å². The summed E-state index contributed by atoms with van der Waals surface area (Å²) < 4.78 is 15.5. The van der Waals surface area contributed by atoms with Crippen LogP contribution in [0.25, 0.3) is 0 Å². The molecule has 1 aliphatic heterocycles. The Labute approximate surface area is 133 Å². The molecule has 2 N–H and O–H groups in total. The van der Waals surface area contributed by atoms with Crippen LogP contribution in [-0.2, 0) is 14.3 Å². The van der Waals surface area contributed by atoms with Gasteiger partial charge in [-0.2, -0.15) is 5.10 Å². The number of amides is 2. The van der Waals surface area contributed by atoms with Crippen molar-refractivity contribution in [2.45, 2.75) is 13.3 Å². The molecule has 124 valence electrons. The van der Waals surface area contributed by atoms with E-state index < -0.39 is 0 Å². The number of hydrogen-bond donors (Lipinski definition) is 2. The first-order valence-electron chi connectivity index (χ1n) is 7.09. The molecule has 8 nitrogen and oxygen atoms in total. The molecule has 1 aromatic carbocycles. The summed E-state index contributed by atoms with van der Waals surface area (Å²) in [5.74, 6) is 0.641. The Morgan fingerprint density at radius 3 is 2.70 bits per heavy atom. The summed E-state index contributed by atoms with van der Waals surface area (Å²) >= 11 is 0. The molecule has 0 bridgehead atoms. The van der Waals surface area contributed by atoms with Crippen molar-refractivity contribution in [2.24, 2.45) is 5.10 Å². The van der Waals surface area contributed by atoms with E-state index in [9.17, 15) is 9.59 Å². The Morgan fingerprint density at radius 2 is 1.96 bits per heavy atom. The summed E-state index contributed by atoms with van der Waals surface area (Å²) in [6.07, 6.45) is 0.0572. The first-order valence-corrected chi connectivity index (χ1v) is 7.09. The van der Waals surface area contributed by atoms with Crippen molar-refractivity contribution in [3.63, 3.8) is 0 Å². The van der Waals surface area contributed by atoms with E-state index in [1.54, 1.807) is 25.1 Å². The number of carbonyl (C=O) groups is 2. The molecule has 0 radical (unpaired) electrons. The van der Waals surface area contributed by atoms with E-state index in [2.05, 4.69) is 20.6 Å². The summed E-state index contributed by atoms with van der Waals surface area (Å²) in [7, 11) is 1.41. The lowest BCUT2D eigenvalue weighted by Gasteiger charge is -2.19. The number of nitrogens with zero attached hydrogens (tertiary/aromatic N) is 1. The minimum atomic E-state index is -0.376. The predicted octanol–water partition coefficient (Wildman–Crippen LogP) is 0.925. The van der Waals surface area contributed by atoms with Gasteiger partial charge in [0.1, 0.15) is 19.8 Å². The number of benzene rings is 1. The van der Waals surface area contributed by atoms with Gasteiger partial charge in [-0.05, 0) is 19.1 Å². The molecule has 0 atom stereocenters. The number of hydrogen-bond acceptors (Lipinski definition) is 6. The molecular weight excluding hydrogens is 302 g/mol. The molecular formula is C15H19N3O5. The van der Waals surface area contributed by atoms with Crippen molar-refractivity contribution in [2.75, 3.05) is 32.2 Å². The fraction of sp³-hybridized carbons (Fsp3) is 0.400. The van der Waals surface area contributed by atoms with Crippen molar-refractivity contribution < 1.29 is 23.8 Å². The number of fused-ring (bicyclic) bond motifs is 1. The quantitative estimate of drug-likeness (QED) is 0.600. The lowest BCUT2D eigenvalue weighted by Crippen LogP contribution is -2.24. The molecule has 0 aliphatic carbocycles. The zero-order valence-electron chi connectivity index (χ0n) is 13.0. The Morgan fingerprint density at radius 1 is 1.22 bits per heavy atom. The number of ether oxygens (including phenoxy) is 3.